The molecule has 0 bridgehead atoms. The molecule has 0 unspecified atom stereocenters. The van der Waals surface area contributed by atoms with Crippen LogP contribution in [0.4, 0.5) is 5.82 Å². The summed E-state index contributed by atoms with van der Waals surface area (Å²) >= 11 is 0. The van der Waals surface area contributed by atoms with Gasteiger partial charge in [0.1, 0.15) is 5.82 Å². The van der Waals surface area contributed by atoms with E-state index in [2.05, 4.69) is 21.8 Å². The fraction of sp³-hybridized carbons (Fsp3) is 0.667. The van der Waals surface area contributed by atoms with Crippen LogP contribution >= 0.6 is 0 Å². The standard InChI is InChI=1S/C12H20N4/c1-2-5-16(9-10-3-4-10)12-8-14-11(6-13)7-15-12/h7-8,10H,2-6,9,13H2,1H3. The summed E-state index contributed by atoms with van der Waals surface area (Å²) in [6, 6.07) is 0. The summed E-state index contributed by atoms with van der Waals surface area (Å²) in [5.41, 5.74) is 6.36. The molecule has 1 aromatic heterocycles. The van der Waals surface area contributed by atoms with Crippen molar-refractivity contribution in [3.63, 3.8) is 0 Å². The van der Waals surface area contributed by atoms with Crippen molar-refractivity contribution in [1.82, 2.24) is 9.97 Å². The number of aromatic nitrogens is 2. The van der Waals surface area contributed by atoms with E-state index in [0.29, 0.717) is 6.54 Å². The summed E-state index contributed by atoms with van der Waals surface area (Å²) in [6.45, 7) is 4.85. The topological polar surface area (TPSA) is 55.0 Å². The number of nitrogens with zero attached hydrogens (tertiary/aromatic N) is 3. The van der Waals surface area contributed by atoms with Gasteiger partial charge in [0.05, 0.1) is 18.1 Å². The fourth-order valence-electron chi connectivity index (χ4n) is 1.80. The predicted molar refractivity (Wildman–Crippen MR) is 65.2 cm³/mol. The molecule has 1 saturated carbocycles. The van der Waals surface area contributed by atoms with E-state index in [0.717, 1.165) is 36.9 Å². The normalized spacial score (nSPS) is 15.1. The molecule has 0 atom stereocenters. The van der Waals surface area contributed by atoms with E-state index in [-0.39, 0.29) is 0 Å². The monoisotopic (exact) mass is 220 g/mol. The molecule has 88 valence electrons. The van der Waals surface area contributed by atoms with Crippen LogP contribution < -0.4 is 10.6 Å². The van der Waals surface area contributed by atoms with E-state index in [4.69, 9.17) is 5.73 Å². The SMILES string of the molecule is CCCN(CC1CC1)c1cnc(CN)cn1. The molecule has 2 rings (SSSR count). The number of anilines is 1. The molecular formula is C12H20N4. The average molecular weight is 220 g/mol. The Labute approximate surface area is 96.9 Å². The second kappa shape index (κ2) is 5.25. The van der Waals surface area contributed by atoms with Crippen LogP contribution in [0.3, 0.4) is 0 Å². The summed E-state index contributed by atoms with van der Waals surface area (Å²) in [6.07, 6.45) is 7.52. The minimum atomic E-state index is 0.462. The number of rotatable bonds is 6. The van der Waals surface area contributed by atoms with Crippen molar-refractivity contribution in [2.75, 3.05) is 18.0 Å². The summed E-state index contributed by atoms with van der Waals surface area (Å²) < 4.78 is 0. The molecule has 4 nitrogen and oxygen atoms in total. The zero-order chi connectivity index (χ0) is 11.4. The Hall–Kier alpha value is -1.16. The number of nitrogens with two attached hydrogens (primary N) is 1. The summed E-state index contributed by atoms with van der Waals surface area (Å²) in [7, 11) is 0. The van der Waals surface area contributed by atoms with Gasteiger partial charge in [0.15, 0.2) is 0 Å². The van der Waals surface area contributed by atoms with Gasteiger partial charge in [0.2, 0.25) is 0 Å². The third-order valence-corrected chi connectivity index (χ3v) is 2.89. The molecule has 0 spiro atoms. The van der Waals surface area contributed by atoms with Gasteiger partial charge in [-0.25, -0.2) is 4.98 Å². The maximum absolute atomic E-state index is 5.51. The molecule has 1 fully saturated rings. The highest BCUT2D eigenvalue weighted by molar-refractivity contribution is 5.36. The lowest BCUT2D eigenvalue weighted by Gasteiger charge is -2.22. The van der Waals surface area contributed by atoms with E-state index >= 15 is 0 Å². The fourth-order valence-corrected chi connectivity index (χ4v) is 1.80. The summed E-state index contributed by atoms with van der Waals surface area (Å²) in [4.78, 5) is 11.1. The van der Waals surface area contributed by atoms with Crippen molar-refractivity contribution < 1.29 is 0 Å². The average Bonchev–Trinajstić information content (AvgIpc) is 3.13. The van der Waals surface area contributed by atoms with Crippen molar-refractivity contribution in [2.24, 2.45) is 11.7 Å². The summed E-state index contributed by atoms with van der Waals surface area (Å²) in [5, 5.41) is 0. The van der Waals surface area contributed by atoms with Gasteiger partial charge in [0, 0.05) is 19.6 Å². The van der Waals surface area contributed by atoms with Gasteiger partial charge in [-0.05, 0) is 25.2 Å². The van der Waals surface area contributed by atoms with E-state index in [9.17, 15) is 0 Å². The quantitative estimate of drug-likeness (QED) is 0.790. The lowest BCUT2D eigenvalue weighted by Crippen LogP contribution is -2.27. The van der Waals surface area contributed by atoms with E-state index in [1.54, 1.807) is 6.20 Å². The van der Waals surface area contributed by atoms with Crippen LogP contribution in [0.5, 0.6) is 0 Å². The predicted octanol–water partition coefficient (Wildman–Crippen LogP) is 1.56. The first-order valence-electron chi connectivity index (χ1n) is 6.09. The Kier molecular flexibility index (Phi) is 3.72. The van der Waals surface area contributed by atoms with Crippen LogP contribution in [0.1, 0.15) is 31.9 Å². The minimum Gasteiger partial charge on any atom is -0.355 e. The van der Waals surface area contributed by atoms with Crippen LogP contribution in [0.2, 0.25) is 0 Å². The number of hydrogen-bond acceptors (Lipinski definition) is 4. The molecule has 1 heterocycles. The Morgan fingerprint density at radius 2 is 2.19 bits per heavy atom. The third-order valence-electron chi connectivity index (χ3n) is 2.89. The highest BCUT2D eigenvalue weighted by Crippen LogP contribution is 2.30. The van der Waals surface area contributed by atoms with Gasteiger partial charge >= 0.3 is 0 Å². The number of hydrogen-bond donors (Lipinski definition) is 1. The molecule has 0 amide bonds. The van der Waals surface area contributed by atoms with Crippen LogP contribution in [-0.2, 0) is 6.54 Å². The molecule has 1 aliphatic carbocycles. The molecule has 1 aliphatic rings. The van der Waals surface area contributed by atoms with Gasteiger partial charge in [-0.15, -0.1) is 0 Å². The van der Waals surface area contributed by atoms with Crippen LogP contribution in [0.15, 0.2) is 12.4 Å². The zero-order valence-corrected chi connectivity index (χ0v) is 9.89. The first kappa shape index (κ1) is 11.3. The van der Waals surface area contributed by atoms with Crippen LogP contribution in [-0.4, -0.2) is 23.1 Å². The second-order valence-electron chi connectivity index (χ2n) is 4.46. The first-order valence-corrected chi connectivity index (χ1v) is 6.09. The minimum absolute atomic E-state index is 0.462. The Morgan fingerprint density at radius 1 is 1.38 bits per heavy atom. The molecule has 4 heteroatoms. The molecular weight excluding hydrogens is 200 g/mol. The molecule has 2 N–H and O–H groups in total. The highest BCUT2D eigenvalue weighted by Gasteiger charge is 2.24. The van der Waals surface area contributed by atoms with Gasteiger partial charge in [-0.1, -0.05) is 6.92 Å². The maximum atomic E-state index is 5.51. The third kappa shape index (κ3) is 2.92. The van der Waals surface area contributed by atoms with E-state index < -0.39 is 0 Å². The second-order valence-corrected chi connectivity index (χ2v) is 4.46. The molecule has 0 radical (unpaired) electrons. The Bertz CT molecular complexity index is 318. The lowest BCUT2D eigenvalue weighted by molar-refractivity contribution is 0.696. The first-order chi connectivity index (χ1) is 7.83. The van der Waals surface area contributed by atoms with Crippen molar-refractivity contribution in [1.29, 1.82) is 0 Å². The highest BCUT2D eigenvalue weighted by atomic mass is 15.2. The zero-order valence-electron chi connectivity index (χ0n) is 9.89. The van der Waals surface area contributed by atoms with Crippen LogP contribution in [0, 0.1) is 5.92 Å². The molecule has 1 aromatic rings. The molecule has 16 heavy (non-hydrogen) atoms. The largest absolute Gasteiger partial charge is 0.355 e. The smallest absolute Gasteiger partial charge is 0.147 e. The molecule has 0 aliphatic heterocycles. The van der Waals surface area contributed by atoms with E-state index in [1.807, 2.05) is 6.20 Å². The van der Waals surface area contributed by atoms with Crippen molar-refractivity contribution in [3.05, 3.63) is 18.1 Å². The van der Waals surface area contributed by atoms with Gasteiger partial charge < -0.3 is 10.6 Å². The Morgan fingerprint density at radius 3 is 2.69 bits per heavy atom. The van der Waals surface area contributed by atoms with Crippen LogP contribution in [0.25, 0.3) is 0 Å². The maximum Gasteiger partial charge on any atom is 0.147 e. The van der Waals surface area contributed by atoms with Gasteiger partial charge in [0.25, 0.3) is 0 Å². The molecule has 0 saturated heterocycles. The molecule has 0 aromatic carbocycles. The van der Waals surface area contributed by atoms with E-state index in [1.165, 1.54) is 12.8 Å². The lowest BCUT2D eigenvalue weighted by atomic mass is 10.3. The van der Waals surface area contributed by atoms with Gasteiger partial charge in [-0.2, -0.15) is 0 Å². The van der Waals surface area contributed by atoms with Gasteiger partial charge in [-0.3, -0.25) is 4.98 Å². The van der Waals surface area contributed by atoms with Crippen molar-refractivity contribution in [2.45, 2.75) is 32.7 Å². The van der Waals surface area contributed by atoms with Crippen molar-refractivity contribution in [3.8, 4) is 0 Å². The Balaban J connectivity index is 2.03. The van der Waals surface area contributed by atoms with Crippen molar-refractivity contribution >= 4 is 5.82 Å². The summed E-state index contributed by atoms with van der Waals surface area (Å²) in [5.74, 6) is 1.87.